The molecular weight excluding hydrogens is 219 g/mol. The molecule has 4 rings (SSSR count). The molecule has 3 heterocycles. The number of phosphoric acid groups is 1. The molecule has 1 fully saturated rings. The van der Waals surface area contributed by atoms with Crippen LogP contribution in [-0.4, -0.2) is 0 Å². The topological polar surface area (TPSA) is 54.0 Å². The van der Waals surface area contributed by atoms with E-state index in [1.54, 1.807) is 6.07 Å². The van der Waals surface area contributed by atoms with E-state index in [1.165, 1.54) is 0 Å². The molecule has 1 aromatic rings. The smallest absolute Gasteiger partial charge is 0.423 e. The van der Waals surface area contributed by atoms with Gasteiger partial charge in [-0.1, -0.05) is 18.2 Å². The summed E-state index contributed by atoms with van der Waals surface area (Å²) in [5.41, 5.74) is 0.817. The average molecular weight is 224 g/mol. The van der Waals surface area contributed by atoms with Gasteiger partial charge >= 0.3 is 13.8 Å². The van der Waals surface area contributed by atoms with Crippen molar-refractivity contribution >= 4 is 7.82 Å². The molecule has 0 radical (unpaired) electrons. The van der Waals surface area contributed by atoms with Crippen LogP contribution in [0.2, 0.25) is 0 Å². The fourth-order valence-electron chi connectivity index (χ4n) is 1.85. The first-order valence-corrected chi connectivity index (χ1v) is 5.90. The Hall–Kier alpha value is -1.45. The molecule has 3 aliphatic rings. The van der Waals surface area contributed by atoms with Gasteiger partial charge < -0.3 is 13.8 Å². The van der Waals surface area contributed by atoms with Crippen molar-refractivity contribution in [3.05, 3.63) is 41.5 Å². The summed E-state index contributed by atoms with van der Waals surface area (Å²) < 4.78 is 32.3. The number of fused-ring (bicyclic) bond motifs is 3. The fraction of sp³-hybridized carbons (Fsp3) is 0.111. The van der Waals surface area contributed by atoms with Gasteiger partial charge in [-0.15, -0.1) is 0 Å². The number of rotatable bonds is 0. The number of para-hydroxylation sites is 1. The van der Waals surface area contributed by atoms with E-state index in [9.17, 15) is 4.57 Å². The van der Waals surface area contributed by atoms with Crippen LogP contribution in [0.5, 0.6) is 5.75 Å². The summed E-state index contributed by atoms with van der Waals surface area (Å²) >= 11 is 0. The third-order valence-electron chi connectivity index (χ3n) is 2.48. The Morgan fingerprint density at radius 1 is 1.20 bits per heavy atom. The lowest BCUT2D eigenvalue weighted by Gasteiger charge is -2.23. The predicted octanol–water partition coefficient (Wildman–Crippen LogP) is 2.47. The van der Waals surface area contributed by atoms with Crippen LogP contribution >= 0.6 is 7.82 Å². The minimum atomic E-state index is -3.41. The van der Waals surface area contributed by atoms with Crippen molar-refractivity contribution < 1.29 is 22.9 Å². The van der Waals surface area contributed by atoms with Gasteiger partial charge in [-0.2, -0.15) is 0 Å². The molecular formula is C9H5O5P. The van der Waals surface area contributed by atoms with E-state index >= 15 is 0 Å². The lowest BCUT2D eigenvalue weighted by atomic mass is 10.1. The summed E-state index contributed by atoms with van der Waals surface area (Å²) in [5.74, 6) is 1.21. The summed E-state index contributed by atoms with van der Waals surface area (Å²) in [6.07, 6.45) is -0.440. The zero-order valence-electron chi connectivity index (χ0n) is 7.38. The normalized spacial score (nSPS) is 34.3. The Balaban J connectivity index is 1.96. The van der Waals surface area contributed by atoms with E-state index in [1.807, 2.05) is 18.2 Å². The van der Waals surface area contributed by atoms with Crippen LogP contribution in [-0.2, 0) is 18.1 Å². The number of hydrogen-bond donors (Lipinski definition) is 0. The molecule has 2 unspecified atom stereocenters. The SMILES string of the molecule is O=P12OC3=C(O1)C(O2)c1ccccc1O3. The van der Waals surface area contributed by atoms with Crippen LogP contribution < -0.4 is 4.74 Å². The van der Waals surface area contributed by atoms with Crippen molar-refractivity contribution in [3.8, 4) is 5.75 Å². The molecule has 3 aliphatic heterocycles. The summed E-state index contributed by atoms with van der Waals surface area (Å²) in [4.78, 5) is 0. The molecule has 1 aromatic carbocycles. The van der Waals surface area contributed by atoms with Crippen LogP contribution in [0.1, 0.15) is 11.7 Å². The molecule has 0 aromatic heterocycles. The van der Waals surface area contributed by atoms with E-state index in [0.29, 0.717) is 11.5 Å². The number of hydrogen-bond acceptors (Lipinski definition) is 5. The third kappa shape index (κ3) is 0.850. The zero-order chi connectivity index (χ0) is 10.0. The molecule has 0 saturated carbocycles. The summed E-state index contributed by atoms with van der Waals surface area (Å²) in [6.45, 7) is 0. The van der Waals surface area contributed by atoms with Crippen molar-refractivity contribution in [2.45, 2.75) is 6.10 Å². The molecule has 2 atom stereocenters. The largest absolute Gasteiger partial charge is 0.591 e. The zero-order valence-corrected chi connectivity index (χ0v) is 8.27. The lowest BCUT2D eigenvalue weighted by Crippen LogP contribution is -2.15. The number of benzene rings is 1. The molecule has 0 N–H and O–H groups in total. The second kappa shape index (κ2) is 2.21. The Bertz CT molecular complexity index is 543. The Morgan fingerprint density at radius 2 is 2.07 bits per heavy atom. The lowest BCUT2D eigenvalue weighted by molar-refractivity contribution is 0.115. The molecule has 76 valence electrons. The summed E-state index contributed by atoms with van der Waals surface area (Å²) in [5, 5.41) is 0. The van der Waals surface area contributed by atoms with Gasteiger partial charge in [0, 0.05) is 5.56 Å². The maximum Gasteiger partial charge on any atom is 0.591 e. The Kier molecular flexibility index (Phi) is 1.15. The summed E-state index contributed by atoms with van der Waals surface area (Å²) in [7, 11) is -3.41. The van der Waals surface area contributed by atoms with Crippen molar-refractivity contribution in [1.82, 2.24) is 0 Å². The van der Waals surface area contributed by atoms with E-state index in [0.717, 1.165) is 5.56 Å². The first-order chi connectivity index (χ1) is 7.25. The fourth-order valence-corrected chi connectivity index (χ4v) is 3.19. The predicted molar refractivity (Wildman–Crippen MR) is 47.7 cm³/mol. The van der Waals surface area contributed by atoms with Crippen LogP contribution in [0.4, 0.5) is 0 Å². The summed E-state index contributed by atoms with van der Waals surface area (Å²) in [6, 6.07) is 7.35. The highest BCUT2D eigenvalue weighted by Gasteiger charge is 2.58. The van der Waals surface area contributed by atoms with E-state index < -0.39 is 13.9 Å². The van der Waals surface area contributed by atoms with Crippen molar-refractivity contribution in [2.24, 2.45) is 0 Å². The highest BCUT2D eigenvalue weighted by molar-refractivity contribution is 7.49. The van der Waals surface area contributed by atoms with Crippen LogP contribution in [0.15, 0.2) is 36.0 Å². The number of phosphoric ester groups is 1. The Labute approximate surface area is 84.8 Å². The van der Waals surface area contributed by atoms with Crippen LogP contribution in [0.25, 0.3) is 0 Å². The van der Waals surface area contributed by atoms with Crippen LogP contribution in [0, 0.1) is 0 Å². The molecule has 5 nitrogen and oxygen atoms in total. The maximum atomic E-state index is 11.7. The molecule has 6 heteroatoms. The first-order valence-electron chi connectivity index (χ1n) is 4.44. The van der Waals surface area contributed by atoms with Crippen molar-refractivity contribution in [2.75, 3.05) is 0 Å². The average Bonchev–Trinajstić information content (AvgIpc) is 2.70. The molecule has 0 spiro atoms. The van der Waals surface area contributed by atoms with Gasteiger partial charge in [0.1, 0.15) is 5.75 Å². The van der Waals surface area contributed by atoms with E-state index in [2.05, 4.69) is 0 Å². The van der Waals surface area contributed by atoms with Gasteiger partial charge in [0.2, 0.25) is 5.76 Å². The van der Waals surface area contributed by atoms with E-state index in [-0.39, 0.29) is 5.95 Å². The number of ether oxygens (including phenoxy) is 1. The third-order valence-corrected chi connectivity index (χ3v) is 3.76. The van der Waals surface area contributed by atoms with Crippen molar-refractivity contribution in [1.29, 1.82) is 0 Å². The Morgan fingerprint density at radius 3 is 2.93 bits per heavy atom. The van der Waals surface area contributed by atoms with Gasteiger partial charge in [0.25, 0.3) is 0 Å². The second-order valence-electron chi connectivity index (χ2n) is 3.41. The van der Waals surface area contributed by atoms with Gasteiger partial charge in [-0.3, -0.25) is 4.52 Å². The minimum Gasteiger partial charge on any atom is -0.423 e. The second-order valence-corrected chi connectivity index (χ2v) is 4.88. The quantitative estimate of drug-likeness (QED) is 0.633. The minimum absolute atomic E-state index is 0.174. The maximum absolute atomic E-state index is 11.7. The van der Waals surface area contributed by atoms with Gasteiger partial charge in [-0.05, 0) is 6.07 Å². The first kappa shape index (κ1) is 7.79. The molecule has 0 aliphatic carbocycles. The molecule has 1 saturated heterocycles. The molecule has 0 amide bonds. The van der Waals surface area contributed by atoms with Gasteiger partial charge in [0.15, 0.2) is 6.10 Å². The van der Waals surface area contributed by atoms with Crippen molar-refractivity contribution in [3.63, 3.8) is 0 Å². The van der Waals surface area contributed by atoms with Gasteiger partial charge in [0.05, 0.1) is 0 Å². The monoisotopic (exact) mass is 224 g/mol. The van der Waals surface area contributed by atoms with E-state index in [4.69, 9.17) is 18.3 Å². The highest BCUT2D eigenvalue weighted by Crippen LogP contribution is 2.71. The highest BCUT2D eigenvalue weighted by atomic mass is 31.2. The molecule has 15 heavy (non-hydrogen) atoms. The van der Waals surface area contributed by atoms with Crippen LogP contribution in [0.3, 0.4) is 0 Å². The molecule has 2 bridgehead atoms. The van der Waals surface area contributed by atoms with Gasteiger partial charge in [-0.25, -0.2) is 4.57 Å². The standard InChI is InChI=1S/C9H5O5P/c10-15-12-7-5-3-1-2-4-6(5)11-9(14-15)8(7)13-15/h1-4,7H.